The second kappa shape index (κ2) is 20.8. The molecule has 0 radical (unpaired) electrons. The molecule has 0 aromatic heterocycles. The highest BCUT2D eigenvalue weighted by Gasteiger charge is 2.02. The van der Waals surface area contributed by atoms with E-state index in [1.165, 1.54) is 101 Å². The lowest BCUT2D eigenvalue weighted by molar-refractivity contribution is 0.538. The van der Waals surface area contributed by atoms with Crippen LogP contribution in [-0.4, -0.2) is 25.1 Å². The number of unbranched alkanes of at least 4 members (excludes halogenated alkanes) is 13. The summed E-state index contributed by atoms with van der Waals surface area (Å²) in [5, 5.41) is 8.95. The molecule has 2 aromatic rings. The monoisotopic (exact) mass is 519 g/mol. The summed E-state index contributed by atoms with van der Waals surface area (Å²) in [5.41, 5.74) is 3.11. The maximum Gasteiger partial charge on any atom is 0.105 e. The van der Waals surface area contributed by atoms with Gasteiger partial charge in [0.25, 0.3) is 0 Å². The van der Waals surface area contributed by atoms with Crippen molar-refractivity contribution in [2.45, 2.75) is 109 Å². The highest BCUT2D eigenvalue weighted by Crippen LogP contribution is 2.23. The van der Waals surface area contributed by atoms with Gasteiger partial charge in [0.1, 0.15) is 6.54 Å². The van der Waals surface area contributed by atoms with E-state index < -0.39 is 0 Å². The maximum atomic E-state index is 8.95. The first-order chi connectivity index (χ1) is 18.3. The molecule has 0 aliphatic carbocycles. The van der Waals surface area contributed by atoms with Gasteiger partial charge in [0, 0.05) is 23.3 Å². The molecule has 202 valence electrons. The van der Waals surface area contributed by atoms with E-state index in [1.807, 2.05) is 18.0 Å². The lowest BCUT2D eigenvalue weighted by Gasteiger charge is -2.19. The molecule has 4 heteroatoms. The molecule has 37 heavy (non-hydrogen) atoms. The number of benzene rings is 2. The van der Waals surface area contributed by atoms with Gasteiger partial charge in [-0.2, -0.15) is 5.26 Å². The van der Waals surface area contributed by atoms with E-state index in [1.54, 1.807) is 0 Å². The average molecular weight is 520 g/mol. The van der Waals surface area contributed by atoms with Crippen molar-refractivity contribution in [3.63, 3.8) is 0 Å². The molecule has 0 fully saturated rings. The zero-order chi connectivity index (χ0) is 26.4. The predicted molar refractivity (Wildman–Crippen MR) is 165 cm³/mol. The van der Waals surface area contributed by atoms with Gasteiger partial charge < -0.3 is 4.90 Å². The van der Waals surface area contributed by atoms with Gasteiger partial charge in [-0.25, -0.2) is 0 Å². The largest absolute Gasteiger partial charge is 0.358 e. The molecule has 0 atom stereocenters. The molecule has 0 unspecified atom stereocenters. The Balaban J connectivity index is 1.52. The first kappa shape index (κ1) is 31.0. The highest BCUT2D eigenvalue weighted by molar-refractivity contribution is 7.99. The molecule has 0 saturated heterocycles. The minimum Gasteiger partial charge on any atom is -0.358 e. The van der Waals surface area contributed by atoms with Crippen molar-refractivity contribution in [1.29, 1.82) is 5.26 Å². The molecular weight excluding hydrogens is 470 g/mol. The zero-order valence-corrected chi connectivity index (χ0v) is 24.3. The number of nitriles is 1. The van der Waals surface area contributed by atoms with E-state index in [0.29, 0.717) is 6.54 Å². The Kier molecular flexibility index (Phi) is 17.4. The maximum absolute atomic E-state index is 8.95. The summed E-state index contributed by atoms with van der Waals surface area (Å²) in [4.78, 5) is 8.01. The number of aliphatic imine (C=N–C) groups is 1. The zero-order valence-electron chi connectivity index (χ0n) is 23.5. The summed E-state index contributed by atoms with van der Waals surface area (Å²) in [5.74, 6) is 1.20. The number of thioether (sulfide) groups is 1. The van der Waals surface area contributed by atoms with Crippen molar-refractivity contribution in [2.24, 2.45) is 4.99 Å². The molecule has 0 spiro atoms. The van der Waals surface area contributed by atoms with E-state index in [0.717, 1.165) is 23.5 Å². The van der Waals surface area contributed by atoms with Crippen molar-refractivity contribution < 1.29 is 0 Å². The molecule has 0 bridgehead atoms. The summed E-state index contributed by atoms with van der Waals surface area (Å²) in [6, 6.07) is 19.0. The number of anilines is 1. The highest BCUT2D eigenvalue weighted by atomic mass is 32.2. The summed E-state index contributed by atoms with van der Waals surface area (Å²) in [7, 11) is 0. The van der Waals surface area contributed by atoms with Crippen LogP contribution in [-0.2, 0) is 0 Å². The van der Waals surface area contributed by atoms with Crippen LogP contribution in [0.5, 0.6) is 0 Å². The third kappa shape index (κ3) is 14.3. The molecule has 0 aliphatic rings. The first-order valence-electron chi connectivity index (χ1n) is 14.8. The van der Waals surface area contributed by atoms with Crippen molar-refractivity contribution in [1.82, 2.24) is 0 Å². The third-order valence-corrected chi connectivity index (χ3v) is 7.97. The van der Waals surface area contributed by atoms with E-state index in [2.05, 4.69) is 78.3 Å². The molecule has 0 amide bonds. The third-order valence-electron chi connectivity index (χ3n) is 6.87. The van der Waals surface area contributed by atoms with Gasteiger partial charge in [-0.1, -0.05) is 103 Å². The van der Waals surface area contributed by atoms with Crippen LogP contribution in [0.25, 0.3) is 0 Å². The van der Waals surface area contributed by atoms with E-state index >= 15 is 0 Å². The number of nitrogens with zero attached hydrogens (tertiary/aromatic N) is 3. The predicted octanol–water partition coefficient (Wildman–Crippen LogP) is 10.4. The van der Waals surface area contributed by atoms with Crippen LogP contribution in [0.2, 0.25) is 0 Å². The van der Waals surface area contributed by atoms with E-state index in [4.69, 9.17) is 5.26 Å². The smallest absolute Gasteiger partial charge is 0.105 e. The van der Waals surface area contributed by atoms with Gasteiger partial charge in [-0.3, -0.25) is 4.99 Å². The van der Waals surface area contributed by atoms with E-state index in [9.17, 15) is 0 Å². The molecule has 0 N–H and O–H groups in total. The fraction of sp³-hybridized carbons (Fsp3) is 0.576. The van der Waals surface area contributed by atoms with Crippen LogP contribution in [0, 0.1) is 11.3 Å². The summed E-state index contributed by atoms with van der Waals surface area (Å²) < 4.78 is 0. The Morgan fingerprint density at radius 3 is 1.78 bits per heavy atom. The van der Waals surface area contributed by atoms with E-state index in [-0.39, 0.29) is 0 Å². The van der Waals surface area contributed by atoms with Gasteiger partial charge in [0.05, 0.1) is 11.8 Å². The molecular formula is C33H49N3S. The Morgan fingerprint density at radius 2 is 1.27 bits per heavy atom. The van der Waals surface area contributed by atoms with Gasteiger partial charge in [-0.05, 0) is 61.1 Å². The summed E-state index contributed by atoms with van der Waals surface area (Å²) >= 11 is 1.96. The normalized spacial score (nSPS) is 11.2. The minimum atomic E-state index is 0.410. The van der Waals surface area contributed by atoms with Crippen LogP contribution in [0.3, 0.4) is 0 Å². The topological polar surface area (TPSA) is 39.4 Å². The molecule has 3 nitrogen and oxygen atoms in total. The molecule has 2 rings (SSSR count). The Bertz CT molecular complexity index is 883. The second-order valence-corrected chi connectivity index (χ2v) is 11.1. The quantitative estimate of drug-likeness (QED) is 0.0712. The molecule has 0 saturated carbocycles. The molecule has 0 aliphatic heterocycles. The van der Waals surface area contributed by atoms with Gasteiger partial charge in [0.2, 0.25) is 0 Å². The lowest BCUT2D eigenvalue weighted by Crippen LogP contribution is -2.22. The Hall–Kier alpha value is -2.25. The van der Waals surface area contributed by atoms with Gasteiger partial charge in [0.15, 0.2) is 0 Å². The fourth-order valence-electron chi connectivity index (χ4n) is 4.51. The number of hydrogen-bond donors (Lipinski definition) is 0. The van der Waals surface area contributed by atoms with Crippen LogP contribution in [0.4, 0.5) is 11.4 Å². The van der Waals surface area contributed by atoms with Crippen molar-refractivity contribution >= 4 is 29.4 Å². The number of hydrogen-bond acceptors (Lipinski definition) is 4. The average Bonchev–Trinajstić information content (AvgIpc) is 2.93. The van der Waals surface area contributed by atoms with Crippen LogP contribution in [0.15, 0.2) is 58.4 Å². The van der Waals surface area contributed by atoms with Crippen LogP contribution < -0.4 is 4.90 Å². The van der Waals surface area contributed by atoms with Crippen molar-refractivity contribution in [3.8, 4) is 6.07 Å². The second-order valence-electron chi connectivity index (χ2n) is 9.96. The Labute approximate surface area is 231 Å². The summed E-state index contributed by atoms with van der Waals surface area (Å²) in [6.07, 6.45) is 21.7. The van der Waals surface area contributed by atoms with Crippen molar-refractivity contribution in [3.05, 3.63) is 54.1 Å². The SMILES string of the molecule is CCCCCCCCCCCCCCCCSc1ccc(N=Cc2ccc(N(CC)CC#N)cc2)cc1. The molecule has 0 heterocycles. The van der Waals surface area contributed by atoms with Crippen LogP contribution in [0.1, 0.15) is 109 Å². The van der Waals surface area contributed by atoms with Gasteiger partial charge >= 0.3 is 0 Å². The summed E-state index contributed by atoms with van der Waals surface area (Å²) in [6.45, 7) is 5.59. The van der Waals surface area contributed by atoms with Gasteiger partial charge in [-0.15, -0.1) is 11.8 Å². The first-order valence-corrected chi connectivity index (χ1v) is 15.7. The fourth-order valence-corrected chi connectivity index (χ4v) is 5.42. The molecule has 2 aromatic carbocycles. The minimum absolute atomic E-state index is 0.410. The standard InChI is InChI=1S/C33H49N3S/c1-3-5-6-7-8-9-10-11-12-13-14-15-16-17-28-37-33-24-20-31(21-25-33)35-29-30-18-22-32(23-19-30)36(4-2)27-26-34/h18-25,29H,3-17,27-28H2,1-2H3. The Morgan fingerprint density at radius 1 is 0.730 bits per heavy atom. The number of rotatable bonds is 21. The van der Waals surface area contributed by atoms with Crippen LogP contribution >= 0.6 is 11.8 Å². The van der Waals surface area contributed by atoms with Crippen molar-refractivity contribution in [2.75, 3.05) is 23.7 Å². The lowest BCUT2D eigenvalue weighted by atomic mass is 10.0.